The van der Waals surface area contributed by atoms with Crippen LogP contribution in [0.2, 0.25) is 0 Å². The first-order valence-electron chi connectivity index (χ1n) is 7.34. The van der Waals surface area contributed by atoms with Crippen molar-refractivity contribution < 1.29 is 4.52 Å². The number of hydrogen-bond acceptors (Lipinski definition) is 6. The molecule has 0 amide bonds. The van der Waals surface area contributed by atoms with Crippen LogP contribution in [0, 0.1) is 6.92 Å². The Bertz CT molecular complexity index is 866. The first kappa shape index (κ1) is 13.7. The highest BCUT2D eigenvalue weighted by molar-refractivity contribution is 7.15. The number of nitrogens with zero attached hydrogens (tertiary/aromatic N) is 4. The second-order valence-electron chi connectivity index (χ2n) is 5.64. The van der Waals surface area contributed by atoms with Gasteiger partial charge in [-0.2, -0.15) is 0 Å². The van der Waals surface area contributed by atoms with Crippen molar-refractivity contribution in [1.82, 2.24) is 19.4 Å². The van der Waals surface area contributed by atoms with Crippen LogP contribution in [0.4, 0.5) is 0 Å². The van der Waals surface area contributed by atoms with Gasteiger partial charge in [0, 0.05) is 30.3 Å². The minimum absolute atomic E-state index is 0.0208. The third-order valence-electron chi connectivity index (χ3n) is 4.06. The molecule has 0 spiro atoms. The lowest BCUT2D eigenvalue weighted by Crippen LogP contribution is -2.24. The van der Waals surface area contributed by atoms with E-state index in [0.29, 0.717) is 6.54 Å². The van der Waals surface area contributed by atoms with Crippen LogP contribution >= 0.6 is 11.3 Å². The molecule has 114 valence electrons. The zero-order valence-corrected chi connectivity index (χ0v) is 13.0. The summed E-state index contributed by atoms with van der Waals surface area (Å²) in [4.78, 5) is 19.7. The van der Waals surface area contributed by atoms with Gasteiger partial charge in [0.2, 0.25) is 0 Å². The summed E-state index contributed by atoms with van der Waals surface area (Å²) in [6, 6.07) is 3.85. The lowest BCUT2D eigenvalue weighted by atomic mass is 10.1. The average molecular weight is 316 g/mol. The highest BCUT2D eigenvalue weighted by Crippen LogP contribution is 2.33. The van der Waals surface area contributed by atoms with Gasteiger partial charge in [-0.05, 0) is 26.3 Å². The Balaban J connectivity index is 1.62. The molecular weight excluding hydrogens is 300 g/mol. The molecule has 1 atom stereocenters. The maximum Gasteiger partial charge on any atom is 0.258 e. The van der Waals surface area contributed by atoms with Crippen LogP contribution in [0.3, 0.4) is 0 Å². The molecular formula is C15H16N4O2S. The van der Waals surface area contributed by atoms with E-state index in [0.717, 1.165) is 41.5 Å². The molecule has 6 nitrogen and oxygen atoms in total. The second kappa shape index (κ2) is 5.33. The van der Waals surface area contributed by atoms with E-state index in [1.165, 1.54) is 11.3 Å². The third-order valence-corrected chi connectivity index (χ3v) is 4.82. The molecule has 22 heavy (non-hydrogen) atoms. The van der Waals surface area contributed by atoms with Crippen LogP contribution in [-0.4, -0.2) is 26.0 Å². The lowest BCUT2D eigenvalue weighted by Gasteiger charge is -2.21. The van der Waals surface area contributed by atoms with E-state index in [2.05, 4.69) is 15.0 Å². The summed E-state index contributed by atoms with van der Waals surface area (Å²) in [5.74, 6) is 0.906. The maximum atomic E-state index is 12.1. The SMILES string of the molecule is Cc1cc([C@@H]2CCCN2Cc2cc(=O)n3ccsc3n2)on1. The Morgan fingerprint density at radius 3 is 3.18 bits per heavy atom. The molecule has 4 rings (SSSR count). The minimum atomic E-state index is -0.0208. The fourth-order valence-electron chi connectivity index (χ4n) is 3.05. The van der Waals surface area contributed by atoms with E-state index < -0.39 is 0 Å². The van der Waals surface area contributed by atoms with Gasteiger partial charge in [0.25, 0.3) is 5.56 Å². The van der Waals surface area contributed by atoms with E-state index in [4.69, 9.17) is 4.52 Å². The molecule has 1 fully saturated rings. The lowest BCUT2D eigenvalue weighted by molar-refractivity contribution is 0.204. The predicted molar refractivity (Wildman–Crippen MR) is 83.0 cm³/mol. The van der Waals surface area contributed by atoms with Gasteiger partial charge in [-0.25, -0.2) is 4.98 Å². The van der Waals surface area contributed by atoms with Crippen LogP contribution in [0.5, 0.6) is 0 Å². The van der Waals surface area contributed by atoms with Crippen LogP contribution in [0.15, 0.2) is 33.0 Å². The fraction of sp³-hybridized carbons (Fsp3) is 0.400. The maximum absolute atomic E-state index is 12.1. The summed E-state index contributed by atoms with van der Waals surface area (Å²) in [5, 5.41) is 5.86. The van der Waals surface area contributed by atoms with Crippen molar-refractivity contribution >= 4 is 16.3 Å². The number of rotatable bonds is 3. The van der Waals surface area contributed by atoms with Crippen LogP contribution in [0.1, 0.15) is 36.0 Å². The standard InChI is InChI=1S/C15H16N4O2S/c1-10-7-13(21-17-10)12-3-2-4-18(12)9-11-8-14(20)19-5-6-22-15(19)16-11/h5-8,12H,2-4,9H2,1H3/t12-/m0/s1. The van der Waals surface area contributed by atoms with E-state index in [9.17, 15) is 4.79 Å². The van der Waals surface area contributed by atoms with Crippen molar-refractivity contribution in [1.29, 1.82) is 0 Å². The largest absolute Gasteiger partial charge is 0.359 e. The van der Waals surface area contributed by atoms with Gasteiger partial charge in [-0.1, -0.05) is 5.16 Å². The van der Waals surface area contributed by atoms with E-state index >= 15 is 0 Å². The quantitative estimate of drug-likeness (QED) is 0.742. The van der Waals surface area contributed by atoms with E-state index in [-0.39, 0.29) is 11.6 Å². The molecule has 1 saturated heterocycles. The van der Waals surface area contributed by atoms with Crippen LogP contribution in [-0.2, 0) is 6.54 Å². The zero-order chi connectivity index (χ0) is 15.1. The van der Waals surface area contributed by atoms with Gasteiger partial charge in [0.1, 0.15) is 0 Å². The monoisotopic (exact) mass is 316 g/mol. The Labute approximate surface area is 131 Å². The molecule has 1 aliphatic rings. The molecule has 7 heteroatoms. The highest BCUT2D eigenvalue weighted by atomic mass is 32.1. The molecule has 4 heterocycles. The number of thiazole rings is 1. The van der Waals surface area contributed by atoms with Gasteiger partial charge >= 0.3 is 0 Å². The van der Waals surface area contributed by atoms with Gasteiger partial charge in [0.15, 0.2) is 10.7 Å². The molecule has 0 unspecified atom stereocenters. The van der Waals surface area contributed by atoms with Gasteiger partial charge in [0.05, 0.1) is 17.4 Å². The number of hydrogen-bond donors (Lipinski definition) is 0. The molecule has 3 aromatic heterocycles. The van der Waals surface area contributed by atoms with Gasteiger partial charge < -0.3 is 4.52 Å². The summed E-state index contributed by atoms with van der Waals surface area (Å²) < 4.78 is 7.00. The first-order valence-corrected chi connectivity index (χ1v) is 8.22. The van der Waals surface area contributed by atoms with E-state index in [1.54, 1.807) is 16.7 Å². The van der Waals surface area contributed by atoms with Crippen LogP contribution in [0.25, 0.3) is 4.96 Å². The summed E-state index contributed by atoms with van der Waals surface area (Å²) in [6.45, 7) is 3.57. The number of aryl methyl sites for hydroxylation is 1. The first-order chi connectivity index (χ1) is 10.7. The van der Waals surface area contributed by atoms with Crippen molar-refractivity contribution in [2.24, 2.45) is 0 Å². The number of aromatic nitrogens is 3. The normalized spacial score (nSPS) is 19.2. The summed E-state index contributed by atoms with van der Waals surface area (Å²) >= 11 is 1.48. The van der Waals surface area contributed by atoms with Gasteiger partial charge in [-0.15, -0.1) is 11.3 Å². The Morgan fingerprint density at radius 2 is 2.36 bits per heavy atom. The third kappa shape index (κ3) is 2.36. The highest BCUT2D eigenvalue weighted by Gasteiger charge is 2.29. The predicted octanol–water partition coefficient (Wildman–Crippen LogP) is 2.39. The fourth-order valence-corrected chi connectivity index (χ4v) is 3.79. The molecule has 0 saturated carbocycles. The molecule has 0 aromatic carbocycles. The number of likely N-dealkylation sites (tertiary alicyclic amines) is 1. The molecule has 0 radical (unpaired) electrons. The van der Waals surface area contributed by atoms with E-state index in [1.807, 2.05) is 18.4 Å². The summed E-state index contributed by atoms with van der Waals surface area (Å²) in [5.41, 5.74) is 1.70. The second-order valence-corrected chi connectivity index (χ2v) is 6.51. The van der Waals surface area contributed by atoms with Crippen molar-refractivity contribution in [3.8, 4) is 0 Å². The van der Waals surface area contributed by atoms with Crippen molar-refractivity contribution in [3.63, 3.8) is 0 Å². The number of fused-ring (bicyclic) bond motifs is 1. The topological polar surface area (TPSA) is 63.6 Å². The Kier molecular flexibility index (Phi) is 3.31. The van der Waals surface area contributed by atoms with Gasteiger partial charge in [-0.3, -0.25) is 14.1 Å². The Hall–Kier alpha value is -1.99. The molecule has 1 aliphatic heterocycles. The molecule has 3 aromatic rings. The smallest absolute Gasteiger partial charge is 0.258 e. The summed E-state index contributed by atoms with van der Waals surface area (Å²) in [6.07, 6.45) is 3.93. The van der Waals surface area contributed by atoms with Crippen molar-refractivity contribution in [3.05, 3.63) is 51.2 Å². The molecule has 0 N–H and O–H groups in total. The summed E-state index contributed by atoms with van der Waals surface area (Å²) in [7, 11) is 0. The van der Waals surface area contributed by atoms with Crippen molar-refractivity contribution in [2.45, 2.75) is 32.4 Å². The van der Waals surface area contributed by atoms with Crippen molar-refractivity contribution in [2.75, 3.05) is 6.54 Å². The minimum Gasteiger partial charge on any atom is -0.359 e. The Morgan fingerprint density at radius 1 is 1.45 bits per heavy atom. The zero-order valence-electron chi connectivity index (χ0n) is 12.2. The molecule has 0 aliphatic carbocycles. The molecule has 0 bridgehead atoms. The van der Waals surface area contributed by atoms with Crippen LogP contribution < -0.4 is 5.56 Å². The average Bonchev–Trinajstić information content (AvgIpc) is 3.19.